The van der Waals surface area contributed by atoms with Crippen LogP contribution in [-0.4, -0.2) is 50.5 Å². The molecule has 1 atom stereocenters. The van der Waals surface area contributed by atoms with Crippen molar-refractivity contribution in [2.45, 2.75) is 53.4 Å². The van der Waals surface area contributed by atoms with Crippen molar-refractivity contribution in [2.24, 2.45) is 10.9 Å². The van der Waals surface area contributed by atoms with E-state index in [9.17, 15) is 5.11 Å². The number of nitrogens with one attached hydrogen (secondary N) is 2. The number of guanidine groups is 1. The normalized spacial score (nSPS) is 12.1. The number of aliphatic imine (C=N–C) groups is 1. The number of ether oxygens (including phenoxy) is 2. The highest BCUT2D eigenvalue weighted by Gasteiger charge is 2.08. The molecule has 0 amide bonds. The zero-order valence-corrected chi connectivity index (χ0v) is 20.8. The van der Waals surface area contributed by atoms with E-state index in [1.807, 2.05) is 19.9 Å². The highest BCUT2D eigenvalue weighted by Crippen LogP contribution is 2.28. The first-order chi connectivity index (χ1) is 13.7. The van der Waals surface area contributed by atoms with Crippen molar-refractivity contribution < 1.29 is 14.6 Å². The molecule has 0 saturated heterocycles. The lowest BCUT2D eigenvalue weighted by Crippen LogP contribution is -2.38. The number of halogens is 1. The number of benzene rings is 1. The van der Waals surface area contributed by atoms with Gasteiger partial charge in [-0.2, -0.15) is 0 Å². The highest BCUT2D eigenvalue weighted by atomic mass is 127. The Kier molecular flexibility index (Phi) is 16.9. The molecule has 6 nitrogen and oxygen atoms in total. The van der Waals surface area contributed by atoms with Gasteiger partial charge in [-0.1, -0.05) is 19.4 Å². The van der Waals surface area contributed by atoms with Gasteiger partial charge >= 0.3 is 0 Å². The zero-order chi connectivity index (χ0) is 20.6. The predicted molar refractivity (Wildman–Crippen MR) is 132 cm³/mol. The summed E-state index contributed by atoms with van der Waals surface area (Å²) in [7, 11) is 0. The quantitative estimate of drug-likeness (QED) is 0.196. The van der Waals surface area contributed by atoms with Crippen LogP contribution in [0.25, 0.3) is 0 Å². The smallest absolute Gasteiger partial charge is 0.191 e. The molecule has 0 spiro atoms. The fourth-order valence-electron chi connectivity index (χ4n) is 3.06. The molecule has 0 aromatic heterocycles. The minimum atomic E-state index is 0. The standard InChI is InChI=1S/C22H39N3O3.HI/c1-5-9-19(13-15-26)17-25-22(23-6-2)24-14-12-18-10-11-20(27-7-3)21(16-18)28-8-4;/h10-11,16,19,26H,5-9,12-15,17H2,1-4H3,(H2,23,24,25);1H. The Morgan fingerprint density at radius 3 is 2.38 bits per heavy atom. The number of rotatable bonds is 14. The predicted octanol–water partition coefficient (Wildman–Crippen LogP) is 4.00. The van der Waals surface area contributed by atoms with Crippen LogP contribution in [0.3, 0.4) is 0 Å². The van der Waals surface area contributed by atoms with E-state index in [0.29, 0.717) is 19.1 Å². The highest BCUT2D eigenvalue weighted by molar-refractivity contribution is 14.0. The van der Waals surface area contributed by atoms with E-state index in [0.717, 1.165) is 62.8 Å². The molecule has 1 aromatic carbocycles. The monoisotopic (exact) mass is 521 g/mol. The summed E-state index contributed by atoms with van der Waals surface area (Å²) in [6.45, 7) is 12.0. The van der Waals surface area contributed by atoms with Gasteiger partial charge in [0, 0.05) is 26.2 Å². The van der Waals surface area contributed by atoms with Crippen LogP contribution < -0.4 is 20.1 Å². The molecule has 0 radical (unpaired) electrons. The fourth-order valence-corrected chi connectivity index (χ4v) is 3.06. The average Bonchev–Trinajstić information content (AvgIpc) is 2.68. The van der Waals surface area contributed by atoms with Crippen molar-refractivity contribution >= 4 is 29.9 Å². The Morgan fingerprint density at radius 2 is 1.76 bits per heavy atom. The first kappa shape index (κ1) is 27.8. The number of nitrogens with zero attached hydrogens (tertiary/aromatic N) is 1. The lowest BCUT2D eigenvalue weighted by Gasteiger charge is -2.16. The number of aliphatic hydroxyl groups is 1. The van der Waals surface area contributed by atoms with Gasteiger partial charge in [-0.3, -0.25) is 4.99 Å². The second kappa shape index (κ2) is 17.6. The van der Waals surface area contributed by atoms with Crippen LogP contribution in [0.15, 0.2) is 23.2 Å². The summed E-state index contributed by atoms with van der Waals surface area (Å²) in [5.41, 5.74) is 1.19. The van der Waals surface area contributed by atoms with Gasteiger partial charge in [-0.15, -0.1) is 24.0 Å². The molecule has 1 unspecified atom stereocenters. The molecule has 0 saturated carbocycles. The lowest BCUT2D eigenvalue weighted by molar-refractivity contribution is 0.253. The van der Waals surface area contributed by atoms with Crippen LogP contribution >= 0.6 is 24.0 Å². The largest absolute Gasteiger partial charge is 0.490 e. The molecule has 0 fully saturated rings. The second-order valence-electron chi connectivity index (χ2n) is 6.71. The second-order valence-corrected chi connectivity index (χ2v) is 6.71. The van der Waals surface area contributed by atoms with Gasteiger partial charge in [-0.25, -0.2) is 0 Å². The maximum atomic E-state index is 9.21. The minimum absolute atomic E-state index is 0. The molecule has 0 aliphatic carbocycles. The van der Waals surface area contributed by atoms with Gasteiger partial charge in [0.15, 0.2) is 17.5 Å². The van der Waals surface area contributed by atoms with E-state index in [2.05, 4.69) is 36.6 Å². The maximum absolute atomic E-state index is 9.21. The Morgan fingerprint density at radius 1 is 1.03 bits per heavy atom. The zero-order valence-electron chi connectivity index (χ0n) is 18.5. The van der Waals surface area contributed by atoms with Gasteiger partial charge in [0.05, 0.1) is 13.2 Å². The molecule has 0 heterocycles. The Balaban J connectivity index is 0.00000784. The minimum Gasteiger partial charge on any atom is -0.490 e. The lowest BCUT2D eigenvalue weighted by atomic mass is 10.0. The Hall–Kier alpha value is -1.22. The summed E-state index contributed by atoms with van der Waals surface area (Å²) in [6.07, 6.45) is 3.88. The molecule has 3 N–H and O–H groups in total. The Labute approximate surface area is 193 Å². The third kappa shape index (κ3) is 11.5. The van der Waals surface area contributed by atoms with Crippen molar-refractivity contribution in [1.82, 2.24) is 10.6 Å². The molecular weight excluding hydrogens is 481 g/mol. The fraction of sp³-hybridized carbons (Fsp3) is 0.682. The summed E-state index contributed by atoms with van der Waals surface area (Å²) in [6, 6.07) is 6.11. The van der Waals surface area contributed by atoms with E-state index >= 15 is 0 Å². The third-order valence-corrected chi connectivity index (χ3v) is 4.40. The van der Waals surface area contributed by atoms with Crippen LogP contribution in [0.5, 0.6) is 11.5 Å². The van der Waals surface area contributed by atoms with Crippen LogP contribution in [0, 0.1) is 5.92 Å². The van der Waals surface area contributed by atoms with Gasteiger partial charge < -0.3 is 25.2 Å². The average molecular weight is 521 g/mol. The van der Waals surface area contributed by atoms with E-state index in [1.54, 1.807) is 0 Å². The van der Waals surface area contributed by atoms with Gasteiger partial charge in [0.25, 0.3) is 0 Å². The molecular formula is C22H40IN3O3. The third-order valence-electron chi connectivity index (χ3n) is 4.40. The van der Waals surface area contributed by atoms with Crippen LogP contribution in [0.1, 0.15) is 52.5 Å². The van der Waals surface area contributed by atoms with Crippen molar-refractivity contribution in [3.8, 4) is 11.5 Å². The van der Waals surface area contributed by atoms with E-state index < -0.39 is 0 Å². The first-order valence-corrected chi connectivity index (χ1v) is 10.7. The SMILES string of the molecule is CCCC(CCO)CN=C(NCC)NCCc1ccc(OCC)c(OCC)c1.I. The molecule has 0 aliphatic rings. The van der Waals surface area contributed by atoms with Crippen molar-refractivity contribution in [2.75, 3.05) is 39.5 Å². The molecule has 0 bridgehead atoms. The van der Waals surface area contributed by atoms with Crippen molar-refractivity contribution in [1.29, 1.82) is 0 Å². The molecule has 29 heavy (non-hydrogen) atoms. The van der Waals surface area contributed by atoms with Gasteiger partial charge in [0.2, 0.25) is 0 Å². The number of hydrogen-bond donors (Lipinski definition) is 3. The molecule has 168 valence electrons. The summed E-state index contributed by atoms with van der Waals surface area (Å²) in [5, 5.41) is 15.9. The van der Waals surface area contributed by atoms with Crippen LogP contribution in [0.2, 0.25) is 0 Å². The molecule has 7 heteroatoms. The van der Waals surface area contributed by atoms with Gasteiger partial charge in [0.1, 0.15) is 0 Å². The molecule has 1 aromatic rings. The maximum Gasteiger partial charge on any atom is 0.191 e. The van der Waals surface area contributed by atoms with Gasteiger partial charge in [-0.05, 0) is 63.6 Å². The molecule has 0 aliphatic heterocycles. The summed E-state index contributed by atoms with van der Waals surface area (Å²) >= 11 is 0. The summed E-state index contributed by atoms with van der Waals surface area (Å²) in [4.78, 5) is 4.71. The van der Waals surface area contributed by atoms with Crippen molar-refractivity contribution in [3.05, 3.63) is 23.8 Å². The summed E-state index contributed by atoms with van der Waals surface area (Å²) in [5.74, 6) is 2.86. The van der Waals surface area contributed by atoms with Crippen molar-refractivity contribution in [3.63, 3.8) is 0 Å². The van der Waals surface area contributed by atoms with E-state index in [4.69, 9.17) is 14.5 Å². The molecule has 1 rings (SSSR count). The summed E-state index contributed by atoms with van der Waals surface area (Å²) < 4.78 is 11.3. The van der Waals surface area contributed by atoms with E-state index in [1.165, 1.54) is 5.56 Å². The topological polar surface area (TPSA) is 75.1 Å². The number of aliphatic hydroxyl groups excluding tert-OH is 1. The number of hydrogen-bond acceptors (Lipinski definition) is 4. The van der Waals surface area contributed by atoms with Crippen LogP contribution in [-0.2, 0) is 6.42 Å². The van der Waals surface area contributed by atoms with E-state index in [-0.39, 0.29) is 30.6 Å². The van der Waals surface area contributed by atoms with Crippen LogP contribution in [0.4, 0.5) is 0 Å². The first-order valence-electron chi connectivity index (χ1n) is 10.7. The Bertz CT molecular complexity index is 564.